The van der Waals surface area contributed by atoms with Crippen LogP contribution in [-0.4, -0.2) is 22.1 Å². The van der Waals surface area contributed by atoms with Gasteiger partial charge in [0.25, 0.3) is 0 Å². The summed E-state index contributed by atoms with van der Waals surface area (Å²) in [5.74, 6) is 1.46. The molecule has 0 radical (unpaired) electrons. The number of aromatic nitrogens is 2. The molecule has 1 amide bonds. The number of carbonyl (C=O) groups excluding carboxylic acids is 1. The van der Waals surface area contributed by atoms with Crippen molar-refractivity contribution in [2.45, 2.75) is 13.0 Å². The van der Waals surface area contributed by atoms with Gasteiger partial charge in [-0.3, -0.25) is 4.79 Å². The molecule has 0 aliphatic rings. The predicted molar refractivity (Wildman–Crippen MR) is 76.0 cm³/mol. The van der Waals surface area contributed by atoms with Gasteiger partial charge in [-0.2, -0.15) is 0 Å². The van der Waals surface area contributed by atoms with Gasteiger partial charge >= 0.3 is 0 Å². The number of nitrogens with two attached hydrogens (primary N) is 1. The van der Waals surface area contributed by atoms with Crippen LogP contribution >= 0.6 is 0 Å². The predicted octanol–water partition coefficient (Wildman–Crippen LogP) is 1.09. The van der Waals surface area contributed by atoms with Crippen LogP contribution in [0, 0.1) is 0 Å². The Kier molecular flexibility index (Phi) is 4.60. The quantitative estimate of drug-likeness (QED) is 0.772. The molecule has 2 aromatic rings. The van der Waals surface area contributed by atoms with E-state index in [2.05, 4.69) is 10.3 Å². The Bertz CT molecular complexity index is 563. The van der Waals surface area contributed by atoms with Crippen molar-refractivity contribution in [3.63, 3.8) is 0 Å². The molecule has 0 aliphatic heterocycles. The lowest BCUT2D eigenvalue weighted by Crippen LogP contribution is -2.25. The largest absolute Gasteiger partial charge is 0.493 e. The fraction of sp³-hybridized carbons (Fsp3) is 0.286. The van der Waals surface area contributed by atoms with Gasteiger partial charge in [-0.05, 0) is 24.3 Å². The third-order valence-electron chi connectivity index (χ3n) is 2.84. The highest BCUT2D eigenvalue weighted by Gasteiger charge is 2.04. The molecule has 1 heterocycles. The molecule has 20 heavy (non-hydrogen) atoms. The minimum Gasteiger partial charge on any atom is -0.493 e. The number of aryl methyl sites for hydroxylation is 1. The van der Waals surface area contributed by atoms with Crippen LogP contribution in [0.3, 0.4) is 0 Å². The van der Waals surface area contributed by atoms with Gasteiger partial charge in [-0.15, -0.1) is 0 Å². The maximum Gasteiger partial charge on any atom is 0.223 e. The number of nitrogen functional groups attached to an aromatic ring is 1. The van der Waals surface area contributed by atoms with Crippen LogP contribution in [0.2, 0.25) is 0 Å². The van der Waals surface area contributed by atoms with Gasteiger partial charge in [-0.25, -0.2) is 4.98 Å². The topological polar surface area (TPSA) is 82.2 Å². The number of hydrogen-bond acceptors (Lipinski definition) is 4. The van der Waals surface area contributed by atoms with Crippen LogP contribution in [0.25, 0.3) is 0 Å². The van der Waals surface area contributed by atoms with Crippen LogP contribution < -0.4 is 15.8 Å². The molecular formula is C14H18N4O2. The maximum absolute atomic E-state index is 11.6. The molecule has 0 fully saturated rings. The minimum atomic E-state index is -0.0663. The number of ether oxygens (including phenoxy) is 1. The Morgan fingerprint density at radius 3 is 2.80 bits per heavy atom. The van der Waals surface area contributed by atoms with Gasteiger partial charge in [-0.1, -0.05) is 0 Å². The van der Waals surface area contributed by atoms with Crippen molar-refractivity contribution in [2.24, 2.45) is 7.05 Å². The molecule has 0 atom stereocenters. The van der Waals surface area contributed by atoms with E-state index >= 15 is 0 Å². The number of imidazole rings is 1. The van der Waals surface area contributed by atoms with Gasteiger partial charge < -0.3 is 20.4 Å². The van der Waals surface area contributed by atoms with Gasteiger partial charge in [0.05, 0.1) is 19.6 Å². The molecule has 0 saturated heterocycles. The summed E-state index contributed by atoms with van der Waals surface area (Å²) in [7, 11) is 1.89. The van der Waals surface area contributed by atoms with E-state index in [1.54, 1.807) is 30.5 Å². The SMILES string of the molecule is Cn1ccnc1CNC(=O)CCOc1ccc(N)cc1. The lowest BCUT2D eigenvalue weighted by Gasteiger charge is -2.07. The van der Waals surface area contributed by atoms with Crippen LogP contribution in [0.5, 0.6) is 5.75 Å². The van der Waals surface area contributed by atoms with E-state index in [4.69, 9.17) is 10.5 Å². The Morgan fingerprint density at radius 2 is 2.15 bits per heavy atom. The van der Waals surface area contributed by atoms with E-state index in [1.165, 1.54) is 0 Å². The number of nitrogens with one attached hydrogen (secondary N) is 1. The molecule has 0 spiro atoms. The first-order valence-electron chi connectivity index (χ1n) is 6.36. The first-order valence-corrected chi connectivity index (χ1v) is 6.36. The van der Waals surface area contributed by atoms with Crippen LogP contribution in [-0.2, 0) is 18.4 Å². The van der Waals surface area contributed by atoms with Crippen molar-refractivity contribution < 1.29 is 9.53 Å². The molecular weight excluding hydrogens is 256 g/mol. The second kappa shape index (κ2) is 6.60. The summed E-state index contributed by atoms with van der Waals surface area (Å²) in [4.78, 5) is 15.8. The molecule has 0 unspecified atom stereocenters. The van der Waals surface area contributed by atoms with Gasteiger partial charge in [0.1, 0.15) is 11.6 Å². The lowest BCUT2D eigenvalue weighted by atomic mass is 10.3. The van der Waals surface area contributed by atoms with Crippen molar-refractivity contribution >= 4 is 11.6 Å². The van der Waals surface area contributed by atoms with E-state index < -0.39 is 0 Å². The van der Waals surface area contributed by atoms with Gasteiger partial charge in [0.2, 0.25) is 5.91 Å². The number of nitrogens with zero attached hydrogens (tertiary/aromatic N) is 2. The fourth-order valence-electron chi connectivity index (χ4n) is 1.66. The summed E-state index contributed by atoms with van der Waals surface area (Å²) in [6.45, 7) is 0.751. The molecule has 0 bridgehead atoms. The van der Waals surface area contributed by atoms with Crippen molar-refractivity contribution in [2.75, 3.05) is 12.3 Å². The number of benzene rings is 1. The number of anilines is 1. The molecule has 6 heteroatoms. The Morgan fingerprint density at radius 1 is 1.40 bits per heavy atom. The number of carbonyl (C=O) groups is 1. The van der Waals surface area contributed by atoms with E-state index in [0.29, 0.717) is 31.0 Å². The van der Waals surface area contributed by atoms with Crippen molar-refractivity contribution in [3.05, 3.63) is 42.5 Å². The lowest BCUT2D eigenvalue weighted by molar-refractivity contribution is -0.121. The maximum atomic E-state index is 11.6. The smallest absolute Gasteiger partial charge is 0.223 e. The number of rotatable bonds is 6. The second-order valence-electron chi connectivity index (χ2n) is 4.40. The summed E-state index contributed by atoms with van der Waals surface area (Å²) >= 11 is 0. The highest BCUT2D eigenvalue weighted by Crippen LogP contribution is 2.13. The average Bonchev–Trinajstić information content (AvgIpc) is 2.84. The monoisotopic (exact) mass is 274 g/mol. The van der Waals surface area contributed by atoms with E-state index in [-0.39, 0.29) is 5.91 Å². The van der Waals surface area contributed by atoms with Crippen LogP contribution in [0.1, 0.15) is 12.2 Å². The summed E-state index contributed by atoms with van der Waals surface area (Å²) in [6.07, 6.45) is 3.84. The first-order chi connectivity index (χ1) is 9.65. The number of hydrogen-bond donors (Lipinski definition) is 2. The summed E-state index contributed by atoms with van der Waals surface area (Å²) in [6, 6.07) is 7.08. The number of amides is 1. The molecule has 0 saturated carbocycles. The Hall–Kier alpha value is -2.50. The highest BCUT2D eigenvalue weighted by atomic mass is 16.5. The highest BCUT2D eigenvalue weighted by molar-refractivity contribution is 5.75. The molecule has 1 aromatic carbocycles. The van der Waals surface area contributed by atoms with E-state index in [9.17, 15) is 4.79 Å². The Labute approximate surface area is 117 Å². The molecule has 3 N–H and O–H groups in total. The standard InChI is InChI=1S/C14H18N4O2/c1-18-8-7-16-13(18)10-17-14(19)6-9-20-12-4-2-11(15)3-5-12/h2-5,7-8H,6,9-10,15H2,1H3,(H,17,19). The third-order valence-corrected chi connectivity index (χ3v) is 2.84. The van der Waals surface area contributed by atoms with E-state index in [0.717, 1.165) is 5.82 Å². The summed E-state index contributed by atoms with van der Waals surface area (Å²) in [5.41, 5.74) is 6.26. The van der Waals surface area contributed by atoms with Crippen LogP contribution in [0.15, 0.2) is 36.7 Å². The van der Waals surface area contributed by atoms with Crippen molar-refractivity contribution in [1.82, 2.24) is 14.9 Å². The minimum absolute atomic E-state index is 0.0663. The first kappa shape index (κ1) is 13.9. The normalized spacial score (nSPS) is 10.2. The third kappa shape index (κ3) is 4.01. The second-order valence-corrected chi connectivity index (χ2v) is 4.40. The van der Waals surface area contributed by atoms with Gasteiger partial charge in [0.15, 0.2) is 0 Å². The zero-order valence-corrected chi connectivity index (χ0v) is 11.4. The fourth-order valence-corrected chi connectivity index (χ4v) is 1.66. The average molecular weight is 274 g/mol. The molecule has 6 nitrogen and oxygen atoms in total. The van der Waals surface area contributed by atoms with E-state index in [1.807, 2.05) is 17.8 Å². The molecule has 1 aromatic heterocycles. The zero-order valence-electron chi connectivity index (χ0n) is 11.4. The van der Waals surface area contributed by atoms with Crippen LogP contribution in [0.4, 0.5) is 5.69 Å². The summed E-state index contributed by atoms with van der Waals surface area (Å²) < 4.78 is 7.32. The molecule has 106 valence electrons. The summed E-state index contributed by atoms with van der Waals surface area (Å²) in [5, 5.41) is 2.80. The Balaban J connectivity index is 1.68. The van der Waals surface area contributed by atoms with Crippen molar-refractivity contribution in [3.8, 4) is 5.75 Å². The van der Waals surface area contributed by atoms with Gasteiger partial charge in [0, 0.05) is 25.1 Å². The zero-order chi connectivity index (χ0) is 14.4. The van der Waals surface area contributed by atoms with Crippen molar-refractivity contribution in [1.29, 1.82) is 0 Å². The molecule has 2 rings (SSSR count). The molecule has 0 aliphatic carbocycles.